The Bertz CT molecular complexity index is 5290. The molecule has 0 saturated heterocycles. The van der Waals surface area contributed by atoms with Gasteiger partial charge in [-0.25, -0.2) is 0 Å². The SMILES string of the molecule is CC(C)(C)c1ccc(Br)c(I)c1.CC(C)(C)c1ccc(Cc2cc(N(c3ccc(C(C)(C)C)cc3)c3coc4ccc(C(C)(C)C)cc34)cc(C(C)(C)C)c2)cc1.CC(C)(C)c1ccc(N(c2cc(N(c3ccc(C(C)(C)C)cc3)c3coc4ccc(C(C)(C)C)cc34)cc(C(C)(C)C)c2)c2cc(C(C)(C)C)ccc2Br)cc1. The maximum Gasteiger partial charge on any atom is 0.136 e. The van der Waals surface area contributed by atoms with Crippen LogP contribution in [0.15, 0.2) is 237 Å². The molecule has 2 aromatic heterocycles. The molecule has 0 aliphatic carbocycles. The topological polar surface area (TPSA) is 36.0 Å². The molecule has 0 atom stereocenters. The number of anilines is 9. The van der Waals surface area contributed by atoms with E-state index in [2.05, 4.69) is 483 Å². The molecule has 0 N–H and O–H groups in total. The van der Waals surface area contributed by atoms with Crippen molar-refractivity contribution in [3.05, 3.63) is 298 Å². The van der Waals surface area contributed by atoms with Crippen molar-refractivity contribution in [2.45, 2.75) is 268 Å². The number of nitrogens with zero attached hydrogens (tertiary/aromatic N) is 3. The van der Waals surface area contributed by atoms with Crippen LogP contribution in [0, 0.1) is 3.57 Å². The summed E-state index contributed by atoms with van der Waals surface area (Å²) in [6.07, 6.45) is 4.74. The quantitative estimate of drug-likeness (QED) is 0.121. The zero-order valence-electron chi connectivity index (χ0n) is 73.8. The molecule has 5 nitrogen and oxygen atoms in total. The van der Waals surface area contributed by atoms with Crippen molar-refractivity contribution in [3.63, 3.8) is 0 Å². The maximum atomic E-state index is 6.37. The average Bonchev–Trinajstić information content (AvgIpc) is 1.74. The molecule has 0 amide bonds. The zero-order valence-corrected chi connectivity index (χ0v) is 79.1. The largest absolute Gasteiger partial charge is 0.462 e. The van der Waals surface area contributed by atoms with E-state index in [1.54, 1.807) is 0 Å². The minimum Gasteiger partial charge on any atom is -0.462 e. The lowest BCUT2D eigenvalue weighted by Gasteiger charge is -2.33. The van der Waals surface area contributed by atoms with Gasteiger partial charge in [0.15, 0.2) is 0 Å². The van der Waals surface area contributed by atoms with Gasteiger partial charge in [0.2, 0.25) is 0 Å². The highest BCUT2D eigenvalue weighted by Crippen LogP contribution is 2.50. The summed E-state index contributed by atoms with van der Waals surface area (Å²) in [4.78, 5) is 7.22. The normalized spacial score (nSPS) is 12.9. The van der Waals surface area contributed by atoms with Crippen LogP contribution in [0.2, 0.25) is 0 Å². The first-order valence-electron chi connectivity index (χ1n) is 40.4. The van der Waals surface area contributed by atoms with Crippen molar-refractivity contribution in [1.29, 1.82) is 0 Å². The Balaban J connectivity index is 0.000000212. The summed E-state index contributed by atoms with van der Waals surface area (Å²) in [7, 11) is 0. The van der Waals surface area contributed by atoms with E-state index in [4.69, 9.17) is 8.83 Å². The summed E-state index contributed by atoms with van der Waals surface area (Å²) in [5.41, 5.74) is 27.6. The molecule has 596 valence electrons. The Morgan fingerprint density at radius 3 is 0.850 bits per heavy atom. The Labute approximate surface area is 711 Å². The number of rotatable bonds is 11. The predicted octanol–water partition coefficient (Wildman–Crippen LogP) is 33.7. The third-order valence-corrected chi connectivity index (χ3v) is 24.7. The summed E-state index contributed by atoms with van der Waals surface area (Å²) in [5.74, 6) is 0. The lowest BCUT2D eigenvalue weighted by molar-refractivity contribution is 0.588. The average molecular weight is 1750 g/mol. The van der Waals surface area contributed by atoms with E-state index < -0.39 is 0 Å². The van der Waals surface area contributed by atoms with E-state index in [9.17, 15) is 0 Å². The van der Waals surface area contributed by atoms with E-state index in [1.165, 1.54) is 74.8 Å². The fourth-order valence-corrected chi connectivity index (χ4v) is 15.2. The molecule has 113 heavy (non-hydrogen) atoms. The van der Waals surface area contributed by atoms with Crippen LogP contribution in [-0.2, 0) is 60.6 Å². The lowest BCUT2D eigenvalue weighted by atomic mass is 9.84. The number of fused-ring (bicyclic) bond motifs is 2. The third kappa shape index (κ3) is 21.3. The van der Waals surface area contributed by atoms with E-state index in [-0.39, 0.29) is 54.1 Å². The molecule has 0 fully saturated rings. The van der Waals surface area contributed by atoms with E-state index in [0.717, 1.165) is 84.0 Å². The number of hydrogen-bond acceptors (Lipinski definition) is 5. The molecule has 0 radical (unpaired) electrons. The fraction of sp³-hybridized carbons (Fsp3) is 0.390. The molecular weight excluding hydrogens is 1620 g/mol. The number of hydrogen-bond donors (Lipinski definition) is 0. The number of furan rings is 2. The molecule has 0 aliphatic heterocycles. The molecular formula is C105H128Br2IN3O2. The molecule has 12 rings (SSSR count). The maximum absolute atomic E-state index is 6.37. The summed E-state index contributed by atoms with van der Waals surface area (Å²) in [5, 5.41) is 2.22. The van der Waals surface area contributed by atoms with Gasteiger partial charge in [-0.3, -0.25) is 0 Å². The first-order chi connectivity index (χ1) is 52.0. The third-order valence-electron chi connectivity index (χ3n) is 21.7. The Morgan fingerprint density at radius 2 is 0.513 bits per heavy atom. The van der Waals surface area contributed by atoms with Gasteiger partial charge < -0.3 is 23.5 Å². The molecule has 0 bridgehead atoms. The van der Waals surface area contributed by atoms with Gasteiger partial charge in [-0.05, 0) is 297 Å². The van der Waals surface area contributed by atoms with Crippen LogP contribution >= 0.6 is 54.5 Å². The molecule has 12 aromatic rings. The summed E-state index contributed by atoms with van der Waals surface area (Å²) in [6, 6.07) is 77.3. The zero-order chi connectivity index (χ0) is 83.5. The van der Waals surface area contributed by atoms with Gasteiger partial charge in [-0.15, -0.1) is 0 Å². The van der Waals surface area contributed by atoms with Crippen LogP contribution in [0.1, 0.15) is 274 Å². The Hall–Kier alpha value is -7.63. The van der Waals surface area contributed by atoms with Gasteiger partial charge in [0, 0.05) is 57.4 Å². The minimum atomic E-state index is -0.142. The first kappa shape index (κ1) is 87.7. The van der Waals surface area contributed by atoms with E-state index in [1.807, 2.05) is 12.5 Å². The predicted molar refractivity (Wildman–Crippen MR) is 507 cm³/mol. The van der Waals surface area contributed by atoms with Gasteiger partial charge in [-0.1, -0.05) is 299 Å². The van der Waals surface area contributed by atoms with Crippen molar-refractivity contribution in [2.24, 2.45) is 0 Å². The molecule has 0 aliphatic rings. The smallest absolute Gasteiger partial charge is 0.136 e. The van der Waals surface area contributed by atoms with Gasteiger partial charge >= 0.3 is 0 Å². The first-order valence-corrected chi connectivity index (χ1v) is 43.1. The summed E-state index contributed by atoms with van der Waals surface area (Å²) >= 11 is 9.85. The molecule has 8 heteroatoms. The van der Waals surface area contributed by atoms with Gasteiger partial charge in [0.1, 0.15) is 23.7 Å². The van der Waals surface area contributed by atoms with Crippen molar-refractivity contribution in [3.8, 4) is 0 Å². The standard InChI is InChI=1S/C52H63BrN2O.C43H53NO.C10H12BrI/c1-48(2,3)34-16-22-39(23-17-34)54(45-31-37(51(10,11)12)20-26-44(45)53)41-28-38(52(13,14)15)29-42(32-41)55(40-24-18-35(19-25-40)49(4,5)6)46-33-56-47-27-21-36(30-43(46)47)50(7,8)9;1-40(2,3)31-15-13-29(14-16-31)23-30-24-34(43(10,11)12)26-36(25-30)44(35-20-17-32(18-21-35)41(4,5)6)38-28-45-39-22-19-33(27-37(38)39)42(7,8)9;1-10(2,3)7-4-5-8(11)9(12)6-7/h16-33H,1-15H3;13-22,24-28H,23H2,1-12H3;4-6H,1-3H3. The summed E-state index contributed by atoms with van der Waals surface area (Å²) in [6.45, 7) is 68.2. The Morgan fingerprint density at radius 1 is 0.239 bits per heavy atom. The monoisotopic (exact) mass is 1750 g/mol. The molecule has 10 aromatic carbocycles. The lowest BCUT2D eigenvalue weighted by Crippen LogP contribution is -2.19. The van der Waals surface area contributed by atoms with Crippen molar-refractivity contribution in [2.75, 3.05) is 14.7 Å². The summed E-state index contributed by atoms with van der Waals surface area (Å²) < 4.78 is 16.1. The fourth-order valence-electron chi connectivity index (χ4n) is 14.0. The van der Waals surface area contributed by atoms with Crippen LogP contribution in [0.5, 0.6) is 0 Å². The van der Waals surface area contributed by atoms with Crippen LogP contribution < -0.4 is 14.7 Å². The van der Waals surface area contributed by atoms with Crippen molar-refractivity contribution in [1.82, 2.24) is 0 Å². The second-order valence-electron chi connectivity index (χ2n) is 41.6. The van der Waals surface area contributed by atoms with Gasteiger partial charge in [0.05, 0.1) is 17.1 Å². The molecule has 0 unspecified atom stereocenters. The molecule has 2 heterocycles. The molecule has 0 spiro atoms. The highest BCUT2D eigenvalue weighted by atomic mass is 127. The highest BCUT2D eigenvalue weighted by Gasteiger charge is 2.31. The minimum absolute atomic E-state index is 0.0134. The van der Waals surface area contributed by atoms with Crippen LogP contribution in [0.25, 0.3) is 21.9 Å². The van der Waals surface area contributed by atoms with Crippen LogP contribution in [0.3, 0.4) is 0 Å². The number of halogens is 3. The second kappa shape index (κ2) is 32.8. The van der Waals surface area contributed by atoms with E-state index >= 15 is 0 Å². The van der Waals surface area contributed by atoms with Gasteiger partial charge in [0.25, 0.3) is 0 Å². The Kier molecular flexibility index (Phi) is 25.5. The van der Waals surface area contributed by atoms with Crippen LogP contribution in [0.4, 0.5) is 51.2 Å². The van der Waals surface area contributed by atoms with Gasteiger partial charge in [-0.2, -0.15) is 0 Å². The second-order valence-corrected chi connectivity index (χ2v) is 44.5. The molecule has 0 saturated carbocycles. The number of benzene rings is 10. The van der Waals surface area contributed by atoms with Crippen LogP contribution in [-0.4, -0.2) is 0 Å². The van der Waals surface area contributed by atoms with E-state index in [0.29, 0.717) is 0 Å². The van der Waals surface area contributed by atoms with Crippen molar-refractivity contribution < 1.29 is 8.83 Å². The highest BCUT2D eigenvalue weighted by molar-refractivity contribution is 14.1. The van der Waals surface area contributed by atoms with Crippen molar-refractivity contribution >= 4 is 128 Å².